The Morgan fingerprint density at radius 3 is 2.72 bits per heavy atom. The Morgan fingerprint density at radius 1 is 1.33 bits per heavy atom. The minimum atomic E-state index is 0.323. The summed E-state index contributed by atoms with van der Waals surface area (Å²) in [6, 6.07) is 7.94. The Balaban J connectivity index is 1.94. The number of hydrogen-bond acceptors (Lipinski definition) is 4. The number of aromatic nitrogens is 2. The molecule has 1 aromatic heterocycles. The van der Waals surface area contributed by atoms with E-state index >= 15 is 0 Å². The lowest BCUT2D eigenvalue weighted by atomic mass is 10.1. The molecule has 1 fully saturated rings. The van der Waals surface area contributed by atoms with Crippen molar-refractivity contribution in [1.29, 1.82) is 0 Å². The first kappa shape index (κ1) is 11.3. The zero-order valence-corrected chi connectivity index (χ0v) is 10.9. The molecule has 0 spiro atoms. The summed E-state index contributed by atoms with van der Waals surface area (Å²) in [7, 11) is 1.89. The van der Waals surface area contributed by atoms with Gasteiger partial charge < -0.3 is 9.84 Å². The molecule has 0 bridgehead atoms. The molecule has 1 atom stereocenters. The Hall–Kier alpha value is -1.84. The second-order valence-corrected chi connectivity index (χ2v) is 5.50. The highest BCUT2D eigenvalue weighted by molar-refractivity contribution is 5.72. The van der Waals surface area contributed by atoms with Gasteiger partial charge in [0.15, 0.2) is 5.82 Å². The molecule has 1 unspecified atom stereocenters. The number of nitrogens with one attached hydrogen (secondary N) is 1. The first-order valence-electron chi connectivity index (χ1n) is 6.22. The van der Waals surface area contributed by atoms with E-state index in [1.54, 1.807) is 0 Å². The van der Waals surface area contributed by atoms with Crippen LogP contribution in [0.2, 0.25) is 0 Å². The average Bonchev–Trinajstić information content (AvgIpc) is 2.80. The van der Waals surface area contributed by atoms with Gasteiger partial charge in [0.25, 0.3) is 5.89 Å². The van der Waals surface area contributed by atoms with Crippen molar-refractivity contribution in [2.24, 2.45) is 5.41 Å². The van der Waals surface area contributed by atoms with E-state index in [1.165, 1.54) is 0 Å². The van der Waals surface area contributed by atoms with Crippen LogP contribution >= 0.6 is 0 Å². The third-order valence-corrected chi connectivity index (χ3v) is 3.69. The summed E-state index contributed by atoms with van der Waals surface area (Å²) in [5, 5.41) is 7.25. The Kier molecular flexibility index (Phi) is 2.40. The highest BCUT2D eigenvalue weighted by Gasteiger charge is 2.49. The molecule has 3 rings (SSSR count). The van der Waals surface area contributed by atoms with Crippen LogP contribution in [0.4, 0.5) is 5.69 Å². The van der Waals surface area contributed by atoms with Crippen LogP contribution in [0.1, 0.15) is 32.0 Å². The van der Waals surface area contributed by atoms with Crippen molar-refractivity contribution >= 4 is 5.69 Å². The van der Waals surface area contributed by atoms with Crippen LogP contribution in [-0.4, -0.2) is 17.2 Å². The monoisotopic (exact) mass is 243 g/mol. The summed E-state index contributed by atoms with van der Waals surface area (Å²) < 4.78 is 5.39. The summed E-state index contributed by atoms with van der Waals surface area (Å²) in [5.41, 5.74) is 2.28. The van der Waals surface area contributed by atoms with Crippen LogP contribution in [0.3, 0.4) is 0 Å². The largest absolute Gasteiger partial charge is 0.387 e. The molecule has 18 heavy (non-hydrogen) atoms. The normalized spacial score (nSPS) is 20.7. The molecule has 0 amide bonds. The molecule has 1 N–H and O–H groups in total. The van der Waals surface area contributed by atoms with Gasteiger partial charge in [-0.25, -0.2) is 0 Å². The zero-order chi connectivity index (χ0) is 12.8. The fraction of sp³-hybridized carbons (Fsp3) is 0.429. The highest BCUT2D eigenvalue weighted by atomic mass is 16.5. The third-order valence-electron chi connectivity index (χ3n) is 3.69. The van der Waals surface area contributed by atoms with Gasteiger partial charge in [0.05, 0.1) is 5.56 Å². The summed E-state index contributed by atoms with van der Waals surface area (Å²) >= 11 is 0. The molecule has 0 saturated heterocycles. The van der Waals surface area contributed by atoms with Crippen molar-refractivity contribution < 1.29 is 4.52 Å². The van der Waals surface area contributed by atoms with E-state index in [0.29, 0.717) is 17.2 Å². The van der Waals surface area contributed by atoms with Crippen molar-refractivity contribution in [3.63, 3.8) is 0 Å². The van der Waals surface area contributed by atoms with Crippen molar-refractivity contribution in [3.8, 4) is 11.5 Å². The Bertz CT molecular complexity index is 574. The summed E-state index contributed by atoms with van der Waals surface area (Å²) in [6.07, 6.45) is 1.14. The molecule has 94 valence electrons. The fourth-order valence-corrected chi connectivity index (χ4v) is 2.28. The van der Waals surface area contributed by atoms with Gasteiger partial charge in [0, 0.05) is 18.7 Å². The third kappa shape index (κ3) is 1.78. The van der Waals surface area contributed by atoms with Crippen molar-refractivity contribution in [2.45, 2.75) is 26.2 Å². The molecule has 4 nitrogen and oxygen atoms in total. The minimum Gasteiger partial charge on any atom is -0.387 e. The van der Waals surface area contributed by atoms with E-state index in [9.17, 15) is 0 Å². The highest BCUT2D eigenvalue weighted by Crippen LogP contribution is 2.57. The van der Waals surface area contributed by atoms with Gasteiger partial charge >= 0.3 is 0 Å². The number of para-hydroxylation sites is 1. The van der Waals surface area contributed by atoms with E-state index < -0.39 is 0 Å². The molecule has 0 aliphatic heterocycles. The van der Waals surface area contributed by atoms with E-state index in [2.05, 4.69) is 29.3 Å². The summed E-state index contributed by atoms with van der Waals surface area (Å²) in [6.45, 7) is 4.46. The maximum atomic E-state index is 5.39. The molecular formula is C14H17N3O. The molecule has 1 aromatic carbocycles. The standard InChI is InChI=1S/C14H17N3O/c1-14(2)8-10(14)12-16-13(18-17-12)9-6-4-5-7-11(9)15-3/h4-7,10,15H,8H2,1-3H3. The second-order valence-electron chi connectivity index (χ2n) is 5.50. The Labute approximate surface area is 106 Å². The van der Waals surface area contributed by atoms with Gasteiger partial charge in [-0.1, -0.05) is 31.1 Å². The molecular weight excluding hydrogens is 226 g/mol. The van der Waals surface area contributed by atoms with Gasteiger partial charge in [-0.2, -0.15) is 4.98 Å². The predicted molar refractivity (Wildman–Crippen MR) is 70.4 cm³/mol. The number of hydrogen-bond donors (Lipinski definition) is 1. The second kappa shape index (κ2) is 3.83. The fourth-order valence-electron chi connectivity index (χ4n) is 2.28. The summed E-state index contributed by atoms with van der Waals surface area (Å²) in [4.78, 5) is 4.53. The SMILES string of the molecule is CNc1ccccc1-c1nc(C2CC2(C)C)no1. The molecule has 1 saturated carbocycles. The van der Waals surface area contributed by atoms with Gasteiger partial charge in [0.1, 0.15) is 0 Å². The predicted octanol–water partition coefficient (Wildman–Crippen LogP) is 3.29. The van der Waals surface area contributed by atoms with Crippen molar-refractivity contribution in [2.75, 3.05) is 12.4 Å². The lowest BCUT2D eigenvalue weighted by molar-refractivity contribution is 0.419. The van der Waals surface area contributed by atoms with Gasteiger partial charge in [-0.05, 0) is 24.0 Å². The molecule has 2 aromatic rings. The van der Waals surface area contributed by atoms with E-state index in [1.807, 2.05) is 31.3 Å². The maximum absolute atomic E-state index is 5.39. The number of nitrogens with zero attached hydrogens (tertiary/aromatic N) is 2. The molecule has 1 heterocycles. The first-order chi connectivity index (χ1) is 8.62. The van der Waals surface area contributed by atoms with Gasteiger partial charge in [0.2, 0.25) is 0 Å². The van der Waals surface area contributed by atoms with Crippen molar-refractivity contribution in [3.05, 3.63) is 30.1 Å². The number of anilines is 1. The molecule has 1 aliphatic carbocycles. The molecule has 4 heteroatoms. The first-order valence-corrected chi connectivity index (χ1v) is 6.22. The molecule has 1 aliphatic rings. The Morgan fingerprint density at radius 2 is 2.06 bits per heavy atom. The molecule has 0 radical (unpaired) electrons. The topological polar surface area (TPSA) is 51.0 Å². The summed E-state index contributed by atoms with van der Waals surface area (Å²) in [5.74, 6) is 1.87. The van der Waals surface area contributed by atoms with Crippen LogP contribution in [-0.2, 0) is 0 Å². The van der Waals surface area contributed by atoms with E-state index in [0.717, 1.165) is 23.5 Å². The van der Waals surface area contributed by atoms with Crippen LogP contribution in [0.5, 0.6) is 0 Å². The van der Waals surface area contributed by atoms with Crippen LogP contribution in [0, 0.1) is 5.41 Å². The lowest BCUT2D eigenvalue weighted by Gasteiger charge is -2.03. The maximum Gasteiger partial charge on any atom is 0.260 e. The van der Waals surface area contributed by atoms with Gasteiger partial charge in [-0.15, -0.1) is 0 Å². The zero-order valence-electron chi connectivity index (χ0n) is 10.9. The number of rotatable bonds is 3. The smallest absolute Gasteiger partial charge is 0.260 e. The van der Waals surface area contributed by atoms with Crippen molar-refractivity contribution in [1.82, 2.24) is 10.1 Å². The number of benzene rings is 1. The average molecular weight is 243 g/mol. The lowest BCUT2D eigenvalue weighted by Crippen LogP contribution is -1.93. The van der Waals surface area contributed by atoms with Gasteiger partial charge in [-0.3, -0.25) is 0 Å². The van der Waals surface area contributed by atoms with E-state index in [4.69, 9.17) is 4.52 Å². The van der Waals surface area contributed by atoms with Crippen LogP contribution in [0.25, 0.3) is 11.5 Å². The van der Waals surface area contributed by atoms with E-state index in [-0.39, 0.29) is 0 Å². The van der Waals surface area contributed by atoms with Crippen LogP contribution < -0.4 is 5.32 Å². The quantitative estimate of drug-likeness (QED) is 0.898. The minimum absolute atomic E-state index is 0.323. The van der Waals surface area contributed by atoms with Crippen LogP contribution in [0.15, 0.2) is 28.8 Å².